The Balaban J connectivity index is 2.05. The van der Waals surface area contributed by atoms with Crippen molar-refractivity contribution < 1.29 is 0 Å². The van der Waals surface area contributed by atoms with E-state index in [2.05, 4.69) is 48.6 Å². The molecule has 2 aromatic heterocycles. The standard InChI is InChI=1S/C11H15BrN6/c1-8(6-18-5-3-4-16-18)17-11-9(12)10(13-2)14-7-15-11/h3-5,7-8H,6H2,1-2H3,(H2,13,14,15,17). The van der Waals surface area contributed by atoms with Crippen molar-refractivity contribution in [3.05, 3.63) is 29.3 Å². The van der Waals surface area contributed by atoms with E-state index < -0.39 is 0 Å². The van der Waals surface area contributed by atoms with Gasteiger partial charge < -0.3 is 10.6 Å². The Labute approximate surface area is 114 Å². The lowest BCUT2D eigenvalue weighted by atomic mass is 10.3. The highest BCUT2D eigenvalue weighted by Crippen LogP contribution is 2.26. The maximum absolute atomic E-state index is 4.22. The van der Waals surface area contributed by atoms with E-state index in [9.17, 15) is 0 Å². The lowest BCUT2D eigenvalue weighted by Gasteiger charge is -2.16. The van der Waals surface area contributed by atoms with Gasteiger partial charge in [0.05, 0.1) is 6.54 Å². The maximum atomic E-state index is 4.22. The fraction of sp³-hybridized carbons (Fsp3) is 0.364. The molecule has 2 N–H and O–H groups in total. The molecule has 0 fully saturated rings. The highest BCUT2D eigenvalue weighted by molar-refractivity contribution is 9.10. The predicted octanol–water partition coefficient (Wildman–Crippen LogP) is 1.98. The second kappa shape index (κ2) is 5.81. The van der Waals surface area contributed by atoms with Crippen LogP contribution in [0.25, 0.3) is 0 Å². The summed E-state index contributed by atoms with van der Waals surface area (Å²) in [7, 11) is 1.82. The van der Waals surface area contributed by atoms with Gasteiger partial charge in [0.2, 0.25) is 0 Å². The third-order valence-electron chi connectivity index (χ3n) is 2.43. The van der Waals surface area contributed by atoms with Crippen LogP contribution in [0.1, 0.15) is 6.92 Å². The minimum Gasteiger partial charge on any atom is -0.372 e. The highest BCUT2D eigenvalue weighted by Gasteiger charge is 2.10. The Morgan fingerprint density at radius 2 is 2.17 bits per heavy atom. The minimum atomic E-state index is 0.209. The summed E-state index contributed by atoms with van der Waals surface area (Å²) >= 11 is 3.48. The van der Waals surface area contributed by atoms with E-state index in [-0.39, 0.29) is 6.04 Å². The van der Waals surface area contributed by atoms with E-state index >= 15 is 0 Å². The Hall–Kier alpha value is -1.63. The number of hydrogen-bond donors (Lipinski definition) is 2. The topological polar surface area (TPSA) is 67.7 Å². The molecule has 0 spiro atoms. The molecule has 2 aromatic rings. The van der Waals surface area contributed by atoms with Gasteiger partial charge in [-0.3, -0.25) is 4.68 Å². The third kappa shape index (κ3) is 2.98. The van der Waals surface area contributed by atoms with Crippen LogP contribution in [0.3, 0.4) is 0 Å². The van der Waals surface area contributed by atoms with E-state index in [1.807, 2.05) is 24.0 Å². The zero-order valence-corrected chi connectivity index (χ0v) is 11.8. The molecule has 0 amide bonds. The number of halogens is 1. The number of nitrogens with zero attached hydrogens (tertiary/aromatic N) is 4. The lowest BCUT2D eigenvalue weighted by molar-refractivity contribution is 0.559. The molecule has 0 saturated carbocycles. The molecule has 0 radical (unpaired) electrons. The van der Waals surface area contributed by atoms with Gasteiger partial charge in [-0.15, -0.1) is 0 Å². The molecule has 7 heteroatoms. The fourth-order valence-corrected chi connectivity index (χ4v) is 2.13. The van der Waals surface area contributed by atoms with Gasteiger partial charge in [0.15, 0.2) is 0 Å². The highest BCUT2D eigenvalue weighted by atomic mass is 79.9. The average molecular weight is 311 g/mol. The van der Waals surface area contributed by atoms with Crippen LogP contribution in [0.4, 0.5) is 11.6 Å². The average Bonchev–Trinajstić information content (AvgIpc) is 2.84. The lowest BCUT2D eigenvalue weighted by Crippen LogP contribution is -2.23. The first-order chi connectivity index (χ1) is 8.70. The second-order valence-corrected chi connectivity index (χ2v) is 4.70. The molecule has 0 aliphatic carbocycles. The van der Waals surface area contributed by atoms with Crippen LogP contribution < -0.4 is 10.6 Å². The molecule has 1 atom stereocenters. The van der Waals surface area contributed by atoms with Gasteiger partial charge in [-0.1, -0.05) is 0 Å². The second-order valence-electron chi connectivity index (χ2n) is 3.91. The molecule has 0 aliphatic heterocycles. The zero-order chi connectivity index (χ0) is 13.0. The molecule has 0 saturated heterocycles. The van der Waals surface area contributed by atoms with E-state index in [1.165, 1.54) is 6.33 Å². The van der Waals surface area contributed by atoms with Gasteiger partial charge in [0.1, 0.15) is 22.4 Å². The van der Waals surface area contributed by atoms with Crippen LogP contribution in [-0.2, 0) is 6.54 Å². The number of aromatic nitrogens is 4. The molecule has 96 valence electrons. The van der Waals surface area contributed by atoms with Crippen molar-refractivity contribution in [1.29, 1.82) is 0 Å². The molecule has 0 bridgehead atoms. The van der Waals surface area contributed by atoms with Crippen LogP contribution >= 0.6 is 15.9 Å². The summed E-state index contributed by atoms with van der Waals surface area (Å²) in [6.45, 7) is 2.85. The Bertz CT molecular complexity index is 498. The molecule has 0 aliphatic rings. The quantitative estimate of drug-likeness (QED) is 0.884. The van der Waals surface area contributed by atoms with Crippen LogP contribution in [0.5, 0.6) is 0 Å². The number of anilines is 2. The molecule has 1 unspecified atom stereocenters. The number of nitrogens with one attached hydrogen (secondary N) is 2. The van der Waals surface area contributed by atoms with E-state index in [0.29, 0.717) is 0 Å². The van der Waals surface area contributed by atoms with Crippen LogP contribution in [0.2, 0.25) is 0 Å². The fourth-order valence-electron chi connectivity index (χ4n) is 1.61. The molecule has 18 heavy (non-hydrogen) atoms. The monoisotopic (exact) mass is 310 g/mol. The van der Waals surface area contributed by atoms with Crippen molar-refractivity contribution in [3.8, 4) is 0 Å². The first-order valence-electron chi connectivity index (χ1n) is 5.63. The number of hydrogen-bond acceptors (Lipinski definition) is 5. The van der Waals surface area contributed by atoms with E-state index in [4.69, 9.17) is 0 Å². The van der Waals surface area contributed by atoms with Crippen molar-refractivity contribution >= 4 is 27.6 Å². The largest absolute Gasteiger partial charge is 0.372 e. The van der Waals surface area contributed by atoms with E-state index in [0.717, 1.165) is 22.7 Å². The van der Waals surface area contributed by atoms with Gasteiger partial charge >= 0.3 is 0 Å². The Kier molecular flexibility index (Phi) is 4.14. The van der Waals surface area contributed by atoms with E-state index in [1.54, 1.807) is 6.20 Å². The van der Waals surface area contributed by atoms with Gasteiger partial charge in [0, 0.05) is 25.5 Å². The van der Waals surface area contributed by atoms with Crippen molar-refractivity contribution in [2.45, 2.75) is 19.5 Å². The van der Waals surface area contributed by atoms with Gasteiger partial charge in [0.25, 0.3) is 0 Å². The summed E-state index contributed by atoms with van der Waals surface area (Å²) < 4.78 is 2.71. The molecular formula is C11H15BrN6. The van der Waals surface area contributed by atoms with Crippen LogP contribution in [-0.4, -0.2) is 32.8 Å². The third-order valence-corrected chi connectivity index (χ3v) is 3.18. The summed E-state index contributed by atoms with van der Waals surface area (Å²) in [5.74, 6) is 1.53. The van der Waals surface area contributed by atoms with Crippen molar-refractivity contribution in [2.75, 3.05) is 17.7 Å². The first kappa shape index (κ1) is 12.8. The summed E-state index contributed by atoms with van der Waals surface area (Å²) in [6.07, 6.45) is 5.23. The molecule has 2 heterocycles. The summed E-state index contributed by atoms with van der Waals surface area (Å²) in [5.41, 5.74) is 0. The van der Waals surface area contributed by atoms with Crippen molar-refractivity contribution in [1.82, 2.24) is 19.7 Å². The van der Waals surface area contributed by atoms with Gasteiger partial charge in [-0.2, -0.15) is 5.10 Å². The zero-order valence-electron chi connectivity index (χ0n) is 10.3. The minimum absolute atomic E-state index is 0.209. The molecule has 6 nitrogen and oxygen atoms in total. The summed E-state index contributed by atoms with van der Waals surface area (Å²) in [5, 5.41) is 10.5. The van der Waals surface area contributed by atoms with Crippen LogP contribution in [0.15, 0.2) is 29.3 Å². The SMILES string of the molecule is CNc1ncnc(NC(C)Cn2cccn2)c1Br. The summed E-state index contributed by atoms with van der Waals surface area (Å²) in [4.78, 5) is 8.33. The number of rotatable bonds is 5. The molecule has 0 aromatic carbocycles. The van der Waals surface area contributed by atoms with Crippen molar-refractivity contribution in [3.63, 3.8) is 0 Å². The first-order valence-corrected chi connectivity index (χ1v) is 6.42. The maximum Gasteiger partial charge on any atom is 0.146 e. The smallest absolute Gasteiger partial charge is 0.146 e. The van der Waals surface area contributed by atoms with Gasteiger partial charge in [-0.25, -0.2) is 9.97 Å². The molecular weight excluding hydrogens is 296 g/mol. The van der Waals surface area contributed by atoms with Crippen LogP contribution in [0, 0.1) is 0 Å². The Morgan fingerprint density at radius 1 is 1.39 bits per heavy atom. The molecule has 2 rings (SSSR count). The normalized spacial score (nSPS) is 12.2. The predicted molar refractivity (Wildman–Crippen MR) is 74.6 cm³/mol. The van der Waals surface area contributed by atoms with Crippen molar-refractivity contribution in [2.24, 2.45) is 0 Å². The van der Waals surface area contributed by atoms with Gasteiger partial charge in [-0.05, 0) is 28.9 Å². The summed E-state index contributed by atoms with van der Waals surface area (Å²) in [6, 6.07) is 2.12. The Morgan fingerprint density at radius 3 is 2.83 bits per heavy atom.